The summed E-state index contributed by atoms with van der Waals surface area (Å²) in [6.45, 7) is 12.7. The van der Waals surface area contributed by atoms with Crippen molar-refractivity contribution in [3.8, 4) is 0 Å². The van der Waals surface area contributed by atoms with Gasteiger partial charge in [0.15, 0.2) is 5.79 Å². The van der Waals surface area contributed by atoms with Crippen LogP contribution in [0.3, 0.4) is 0 Å². The van der Waals surface area contributed by atoms with Gasteiger partial charge in [-0.1, -0.05) is 34.6 Å². The second-order valence-corrected chi connectivity index (χ2v) is 10.5. The van der Waals surface area contributed by atoms with Crippen LogP contribution < -0.4 is 5.32 Å². The molecule has 2 unspecified atom stereocenters. The van der Waals surface area contributed by atoms with Crippen LogP contribution in [0.5, 0.6) is 0 Å². The van der Waals surface area contributed by atoms with Crippen LogP contribution in [0.15, 0.2) is 0 Å². The van der Waals surface area contributed by atoms with E-state index in [1.165, 1.54) is 13.8 Å². The summed E-state index contributed by atoms with van der Waals surface area (Å²) in [5.74, 6) is -2.08. The van der Waals surface area contributed by atoms with E-state index in [0.29, 0.717) is 6.42 Å². The van der Waals surface area contributed by atoms with Crippen LogP contribution in [0, 0.1) is 11.8 Å². The third-order valence-corrected chi connectivity index (χ3v) is 5.41. The Balaban J connectivity index is 5.54. The number of Topliss-reactive ketones (excluding diaryl/α,β-unsaturated/α-hetero) is 3. The first-order valence-corrected chi connectivity index (χ1v) is 13.2. The zero-order valence-corrected chi connectivity index (χ0v) is 23.9. The zero-order valence-electron chi connectivity index (χ0n) is 23.9. The number of amides is 1. The predicted octanol–water partition coefficient (Wildman–Crippen LogP) is 2.63. The molecule has 10 nitrogen and oxygen atoms in total. The highest BCUT2D eigenvalue weighted by Gasteiger charge is 2.36. The Bertz CT molecular complexity index is 706. The lowest BCUT2D eigenvalue weighted by atomic mass is 10.0. The van der Waals surface area contributed by atoms with Crippen LogP contribution in [-0.4, -0.2) is 85.9 Å². The van der Waals surface area contributed by atoms with Crippen molar-refractivity contribution in [1.29, 1.82) is 0 Å². The fraction of sp³-hybridized carbons (Fsp3) is 0.852. The minimum absolute atomic E-state index is 0.0363. The van der Waals surface area contributed by atoms with E-state index in [-0.39, 0.29) is 101 Å². The van der Waals surface area contributed by atoms with Gasteiger partial charge in [-0.2, -0.15) is 0 Å². The molecule has 0 rings (SSSR count). The van der Waals surface area contributed by atoms with Gasteiger partial charge in [-0.15, -0.1) is 0 Å². The van der Waals surface area contributed by atoms with E-state index in [9.17, 15) is 24.3 Å². The second-order valence-electron chi connectivity index (χ2n) is 10.5. The maximum atomic E-state index is 13.0. The van der Waals surface area contributed by atoms with Crippen LogP contribution >= 0.6 is 0 Å². The third-order valence-electron chi connectivity index (χ3n) is 5.41. The molecule has 216 valence electrons. The van der Waals surface area contributed by atoms with Gasteiger partial charge in [0.05, 0.1) is 52.7 Å². The van der Waals surface area contributed by atoms with Crippen LogP contribution in [0.1, 0.15) is 80.6 Å². The van der Waals surface area contributed by atoms with Crippen molar-refractivity contribution in [3.05, 3.63) is 0 Å². The van der Waals surface area contributed by atoms with Gasteiger partial charge in [0.25, 0.3) is 0 Å². The fourth-order valence-corrected chi connectivity index (χ4v) is 3.11. The first-order chi connectivity index (χ1) is 17.2. The van der Waals surface area contributed by atoms with Crippen LogP contribution in [0.25, 0.3) is 0 Å². The topological polar surface area (TPSA) is 137 Å². The Kier molecular flexibility index (Phi) is 17.7. The largest absolute Gasteiger partial charge is 0.378 e. The van der Waals surface area contributed by atoms with E-state index < -0.39 is 17.2 Å². The number of carbonyl (C=O) groups is 4. The van der Waals surface area contributed by atoms with Gasteiger partial charge in [0, 0.05) is 31.6 Å². The van der Waals surface area contributed by atoms with Crippen LogP contribution in [0.4, 0.5) is 0 Å². The lowest BCUT2D eigenvalue weighted by Gasteiger charge is -2.35. The van der Waals surface area contributed by atoms with Crippen LogP contribution in [-0.2, 0) is 38.1 Å². The van der Waals surface area contributed by atoms with Crippen molar-refractivity contribution in [1.82, 2.24) is 5.32 Å². The zero-order chi connectivity index (χ0) is 28.5. The third kappa shape index (κ3) is 18.2. The highest BCUT2D eigenvalue weighted by atomic mass is 16.6. The van der Waals surface area contributed by atoms with Gasteiger partial charge in [-0.05, 0) is 19.8 Å². The number of rotatable bonds is 23. The Morgan fingerprint density at radius 2 is 1.38 bits per heavy atom. The average molecular weight is 532 g/mol. The molecule has 0 spiro atoms. The molecular formula is C27H49NO9. The molecule has 0 aromatic carbocycles. The minimum Gasteiger partial charge on any atom is -0.378 e. The monoisotopic (exact) mass is 531 g/mol. The van der Waals surface area contributed by atoms with Crippen molar-refractivity contribution in [3.63, 3.8) is 0 Å². The number of hydrogen-bond donors (Lipinski definition) is 2. The minimum atomic E-state index is -1.69. The van der Waals surface area contributed by atoms with Gasteiger partial charge in [0.2, 0.25) is 5.91 Å². The summed E-state index contributed by atoms with van der Waals surface area (Å²) in [5.41, 5.74) is -1.18. The number of hydrogen-bond acceptors (Lipinski definition) is 9. The Labute approximate surface area is 222 Å². The molecule has 0 aliphatic carbocycles. The normalized spacial score (nSPS) is 14.9. The van der Waals surface area contributed by atoms with E-state index in [4.69, 9.17) is 18.9 Å². The number of ether oxygens (including phenoxy) is 4. The molecule has 0 aliphatic heterocycles. The SMILES string of the molecule is CCC(=O)CCOCC(COCCC(C)=O)(COCCC(=O)C(C)C)NC(=O)CC(C)(O)OCC(C)C. The molecule has 0 saturated heterocycles. The summed E-state index contributed by atoms with van der Waals surface area (Å²) in [6.07, 6.45) is 0.716. The molecule has 37 heavy (non-hydrogen) atoms. The lowest BCUT2D eigenvalue weighted by molar-refractivity contribution is -0.201. The number of aliphatic hydroxyl groups is 1. The summed E-state index contributed by atoms with van der Waals surface area (Å²) >= 11 is 0. The Morgan fingerprint density at radius 3 is 1.84 bits per heavy atom. The molecule has 0 aromatic rings. The van der Waals surface area contributed by atoms with Gasteiger partial charge in [-0.3, -0.25) is 19.2 Å². The molecule has 0 heterocycles. The second kappa shape index (κ2) is 18.5. The average Bonchev–Trinajstić information content (AvgIpc) is 2.80. The van der Waals surface area contributed by atoms with Crippen LogP contribution in [0.2, 0.25) is 0 Å². The van der Waals surface area contributed by atoms with Crippen molar-refractivity contribution in [2.45, 2.75) is 91.9 Å². The van der Waals surface area contributed by atoms with Gasteiger partial charge >= 0.3 is 0 Å². The van der Waals surface area contributed by atoms with Crippen molar-refractivity contribution in [2.24, 2.45) is 11.8 Å². The quantitative estimate of drug-likeness (QED) is 0.150. The van der Waals surface area contributed by atoms with Gasteiger partial charge in [-0.25, -0.2) is 0 Å². The van der Waals surface area contributed by atoms with Gasteiger partial charge in [0.1, 0.15) is 22.9 Å². The summed E-state index contributed by atoms with van der Waals surface area (Å²) in [7, 11) is 0. The lowest BCUT2D eigenvalue weighted by Crippen LogP contribution is -2.59. The van der Waals surface area contributed by atoms with E-state index in [0.717, 1.165) is 0 Å². The van der Waals surface area contributed by atoms with E-state index in [1.807, 2.05) is 27.7 Å². The number of carbonyl (C=O) groups excluding carboxylic acids is 4. The molecule has 10 heteroatoms. The standard InChI is InChI=1S/C27H49NO9/c1-8-23(30)10-13-35-18-27(17-34-12-9-22(6)29,19-36-14-11-24(31)21(4)5)28-25(32)15-26(7,33)37-16-20(2)3/h20-21,33H,8-19H2,1-7H3,(H,28,32). The summed E-state index contributed by atoms with van der Waals surface area (Å²) in [4.78, 5) is 48.0. The predicted molar refractivity (Wildman–Crippen MR) is 139 cm³/mol. The molecule has 2 N–H and O–H groups in total. The van der Waals surface area contributed by atoms with Crippen molar-refractivity contribution < 1.29 is 43.2 Å². The first kappa shape index (κ1) is 35.3. The molecule has 0 radical (unpaired) electrons. The summed E-state index contributed by atoms with van der Waals surface area (Å²) in [6, 6.07) is 0. The van der Waals surface area contributed by atoms with Crippen molar-refractivity contribution >= 4 is 23.3 Å². The van der Waals surface area contributed by atoms with Gasteiger partial charge < -0.3 is 29.4 Å². The molecule has 0 aliphatic rings. The van der Waals surface area contributed by atoms with E-state index in [1.54, 1.807) is 6.92 Å². The molecular weight excluding hydrogens is 482 g/mol. The maximum absolute atomic E-state index is 13.0. The number of nitrogens with one attached hydrogen (secondary N) is 1. The van der Waals surface area contributed by atoms with E-state index in [2.05, 4.69) is 5.32 Å². The molecule has 1 amide bonds. The number of ketones is 3. The fourth-order valence-electron chi connectivity index (χ4n) is 3.11. The first-order valence-electron chi connectivity index (χ1n) is 13.2. The van der Waals surface area contributed by atoms with E-state index >= 15 is 0 Å². The molecule has 0 saturated carbocycles. The molecule has 0 aromatic heterocycles. The smallest absolute Gasteiger partial charge is 0.226 e. The highest BCUT2D eigenvalue weighted by molar-refractivity contribution is 5.80. The Hall–Kier alpha value is -1.72. The van der Waals surface area contributed by atoms with Crippen molar-refractivity contribution in [2.75, 3.05) is 46.2 Å². The summed E-state index contributed by atoms with van der Waals surface area (Å²) < 4.78 is 22.7. The Morgan fingerprint density at radius 1 is 0.865 bits per heavy atom. The molecule has 2 atom stereocenters. The molecule has 0 bridgehead atoms. The summed E-state index contributed by atoms with van der Waals surface area (Å²) in [5, 5.41) is 13.4. The molecule has 0 fully saturated rings. The highest BCUT2D eigenvalue weighted by Crippen LogP contribution is 2.16. The maximum Gasteiger partial charge on any atom is 0.226 e.